The number of carbonyl (C=O) groups is 2. The summed E-state index contributed by atoms with van der Waals surface area (Å²) in [6.45, 7) is 3.93. The van der Waals surface area contributed by atoms with Crippen LogP contribution < -0.4 is 4.74 Å². The van der Waals surface area contributed by atoms with Crippen molar-refractivity contribution in [2.75, 3.05) is 0 Å². The highest BCUT2D eigenvalue weighted by atomic mass is 35.5. The fraction of sp³-hybridized carbons (Fsp3) is 0.412. The summed E-state index contributed by atoms with van der Waals surface area (Å²) in [7, 11) is 0. The van der Waals surface area contributed by atoms with Crippen molar-refractivity contribution in [1.82, 2.24) is 0 Å². The second kappa shape index (κ2) is 10.3. The lowest BCUT2D eigenvalue weighted by Gasteiger charge is -2.11. The Kier molecular flexibility index (Phi) is 8.74. The normalized spacial score (nSPS) is 12.2. The minimum absolute atomic E-state index is 0.0618. The van der Waals surface area contributed by atoms with Gasteiger partial charge in [-0.05, 0) is 31.9 Å². The van der Waals surface area contributed by atoms with Gasteiger partial charge in [0.25, 0.3) is 0 Å². The first-order valence-corrected chi connectivity index (χ1v) is 8.24. The number of carbonyl (C=O) groups excluding carboxylic acids is 2. The third kappa shape index (κ3) is 7.53. The zero-order valence-electron chi connectivity index (χ0n) is 13.2. The molecule has 0 aromatic heterocycles. The van der Waals surface area contributed by atoms with Crippen LogP contribution in [0.2, 0.25) is 10.0 Å². The van der Waals surface area contributed by atoms with E-state index in [2.05, 4.69) is 6.92 Å². The molecule has 1 unspecified atom stereocenters. The standard InChI is InChI=1S/C17H20Cl2O4/c1-3-4-5-7-12(2)22-15(20)10-11-16(21)23-17-13(18)8-6-9-14(17)19/h6,8-12H,3-5,7H2,1-2H3/b11-10+. The molecule has 0 bridgehead atoms. The van der Waals surface area contributed by atoms with Crippen LogP contribution in [0.4, 0.5) is 0 Å². The van der Waals surface area contributed by atoms with Crippen molar-refractivity contribution in [3.05, 3.63) is 40.4 Å². The van der Waals surface area contributed by atoms with Crippen LogP contribution >= 0.6 is 23.2 Å². The molecule has 0 fully saturated rings. The molecule has 1 atom stereocenters. The predicted molar refractivity (Wildman–Crippen MR) is 90.9 cm³/mol. The van der Waals surface area contributed by atoms with E-state index in [1.54, 1.807) is 18.2 Å². The van der Waals surface area contributed by atoms with E-state index in [1.165, 1.54) is 0 Å². The molecular formula is C17H20Cl2O4. The number of ether oxygens (including phenoxy) is 2. The van der Waals surface area contributed by atoms with E-state index in [0.717, 1.165) is 37.8 Å². The first-order valence-electron chi connectivity index (χ1n) is 7.48. The summed E-state index contributed by atoms with van der Waals surface area (Å²) < 4.78 is 10.2. The van der Waals surface area contributed by atoms with E-state index in [1.807, 2.05) is 6.92 Å². The van der Waals surface area contributed by atoms with Crippen molar-refractivity contribution in [2.45, 2.75) is 45.6 Å². The first-order chi connectivity index (χ1) is 10.9. The second-order valence-corrected chi connectivity index (χ2v) is 5.86. The fourth-order valence-corrected chi connectivity index (χ4v) is 2.30. The van der Waals surface area contributed by atoms with Gasteiger partial charge in [0, 0.05) is 12.2 Å². The lowest BCUT2D eigenvalue weighted by Crippen LogP contribution is -2.13. The Bertz CT molecular complexity index is 549. The summed E-state index contributed by atoms with van der Waals surface area (Å²) >= 11 is 11.8. The van der Waals surface area contributed by atoms with Gasteiger partial charge in [-0.15, -0.1) is 0 Å². The SMILES string of the molecule is CCCCCC(C)OC(=O)/C=C/C(=O)Oc1c(Cl)cccc1Cl. The van der Waals surface area contributed by atoms with E-state index >= 15 is 0 Å². The molecule has 23 heavy (non-hydrogen) atoms. The monoisotopic (exact) mass is 358 g/mol. The van der Waals surface area contributed by atoms with Crippen molar-refractivity contribution >= 4 is 35.1 Å². The second-order valence-electron chi connectivity index (χ2n) is 5.05. The van der Waals surface area contributed by atoms with Gasteiger partial charge in [-0.2, -0.15) is 0 Å². The van der Waals surface area contributed by atoms with E-state index < -0.39 is 11.9 Å². The first kappa shape index (κ1) is 19.5. The van der Waals surface area contributed by atoms with Crippen molar-refractivity contribution in [2.24, 2.45) is 0 Å². The number of halogens is 2. The Labute approximate surface area is 146 Å². The zero-order valence-corrected chi connectivity index (χ0v) is 14.7. The van der Waals surface area contributed by atoms with Crippen LogP contribution in [-0.4, -0.2) is 18.0 Å². The summed E-state index contributed by atoms with van der Waals surface area (Å²) in [6.07, 6.45) is 5.84. The molecular weight excluding hydrogens is 339 g/mol. The van der Waals surface area contributed by atoms with Gasteiger partial charge in [-0.1, -0.05) is 49.0 Å². The number of rotatable bonds is 8. The van der Waals surface area contributed by atoms with Gasteiger partial charge >= 0.3 is 11.9 Å². The third-order valence-corrected chi connectivity index (χ3v) is 3.60. The lowest BCUT2D eigenvalue weighted by atomic mass is 10.1. The molecule has 0 aliphatic rings. The number of unbranched alkanes of at least 4 members (excludes halogenated alkanes) is 2. The van der Waals surface area contributed by atoms with Crippen molar-refractivity contribution in [3.63, 3.8) is 0 Å². The van der Waals surface area contributed by atoms with Gasteiger partial charge < -0.3 is 9.47 Å². The van der Waals surface area contributed by atoms with Gasteiger partial charge in [-0.3, -0.25) is 0 Å². The molecule has 0 saturated heterocycles. The molecule has 0 amide bonds. The van der Waals surface area contributed by atoms with E-state index in [9.17, 15) is 9.59 Å². The van der Waals surface area contributed by atoms with Gasteiger partial charge in [0.15, 0.2) is 5.75 Å². The number of benzene rings is 1. The van der Waals surface area contributed by atoms with E-state index in [-0.39, 0.29) is 21.9 Å². The van der Waals surface area contributed by atoms with Crippen molar-refractivity contribution in [3.8, 4) is 5.75 Å². The van der Waals surface area contributed by atoms with Crippen molar-refractivity contribution < 1.29 is 19.1 Å². The van der Waals surface area contributed by atoms with E-state index in [0.29, 0.717) is 0 Å². The number of hydrogen-bond donors (Lipinski definition) is 0. The molecule has 6 heteroatoms. The summed E-state index contributed by atoms with van der Waals surface area (Å²) in [5.41, 5.74) is 0. The Morgan fingerprint density at radius 2 is 1.74 bits per heavy atom. The molecule has 0 saturated carbocycles. The quantitative estimate of drug-likeness (QED) is 0.285. The Morgan fingerprint density at radius 3 is 2.35 bits per heavy atom. The van der Waals surface area contributed by atoms with Crippen LogP contribution in [0.3, 0.4) is 0 Å². The molecule has 0 aliphatic heterocycles. The van der Waals surface area contributed by atoms with Gasteiger partial charge in [-0.25, -0.2) is 9.59 Å². The Balaban J connectivity index is 2.47. The smallest absolute Gasteiger partial charge is 0.336 e. The maximum Gasteiger partial charge on any atom is 0.336 e. The summed E-state index contributed by atoms with van der Waals surface area (Å²) in [6, 6.07) is 4.73. The zero-order chi connectivity index (χ0) is 17.2. The largest absolute Gasteiger partial charge is 0.460 e. The highest BCUT2D eigenvalue weighted by Crippen LogP contribution is 2.32. The van der Waals surface area contributed by atoms with Gasteiger partial charge in [0.1, 0.15) is 0 Å². The Hall–Kier alpha value is -1.52. The van der Waals surface area contributed by atoms with Gasteiger partial charge in [0.05, 0.1) is 16.1 Å². The molecule has 1 aromatic rings. The molecule has 0 radical (unpaired) electrons. The summed E-state index contributed by atoms with van der Waals surface area (Å²) in [5, 5.41) is 0.428. The molecule has 126 valence electrons. The molecule has 0 N–H and O–H groups in total. The number of hydrogen-bond acceptors (Lipinski definition) is 4. The predicted octanol–water partition coefficient (Wildman–Crippen LogP) is 4.97. The molecule has 0 spiro atoms. The molecule has 0 aliphatic carbocycles. The van der Waals surface area contributed by atoms with Crippen LogP contribution in [0, 0.1) is 0 Å². The highest BCUT2D eigenvalue weighted by molar-refractivity contribution is 6.37. The summed E-state index contributed by atoms with van der Waals surface area (Å²) in [4.78, 5) is 23.3. The number of esters is 2. The highest BCUT2D eigenvalue weighted by Gasteiger charge is 2.11. The van der Waals surface area contributed by atoms with Gasteiger partial charge in [0.2, 0.25) is 0 Å². The van der Waals surface area contributed by atoms with Crippen LogP contribution in [0.5, 0.6) is 5.75 Å². The molecule has 1 rings (SSSR count). The number of para-hydroxylation sites is 1. The van der Waals surface area contributed by atoms with E-state index in [4.69, 9.17) is 32.7 Å². The average molecular weight is 359 g/mol. The summed E-state index contributed by atoms with van der Waals surface area (Å²) in [5.74, 6) is -1.28. The third-order valence-electron chi connectivity index (χ3n) is 3.01. The lowest BCUT2D eigenvalue weighted by molar-refractivity contribution is -0.143. The van der Waals surface area contributed by atoms with Crippen LogP contribution in [-0.2, 0) is 14.3 Å². The average Bonchev–Trinajstić information content (AvgIpc) is 2.49. The molecule has 4 nitrogen and oxygen atoms in total. The maximum atomic E-state index is 11.7. The molecule has 1 aromatic carbocycles. The van der Waals surface area contributed by atoms with Crippen LogP contribution in [0.25, 0.3) is 0 Å². The van der Waals surface area contributed by atoms with Crippen molar-refractivity contribution in [1.29, 1.82) is 0 Å². The minimum atomic E-state index is -0.754. The van der Waals surface area contributed by atoms with Crippen LogP contribution in [0.15, 0.2) is 30.4 Å². The molecule has 0 heterocycles. The topological polar surface area (TPSA) is 52.6 Å². The van der Waals surface area contributed by atoms with Crippen LogP contribution in [0.1, 0.15) is 39.5 Å². The maximum absolute atomic E-state index is 11.7. The fourth-order valence-electron chi connectivity index (χ4n) is 1.83. The Morgan fingerprint density at radius 1 is 1.13 bits per heavy atom. The minimum Gasteiger partial charge on any atom is -0.460 e.